The molecule has 0 heterocycles. The van der Waals surface area contributed by atoms with Gasteiger partial charge < -0.3 is 5.73 Å². The summed E-state index contributed by atoms with van der Waals surface area (Å²) in [4.78, 5) is 0. The molecule has 0 rings (SSSR count). The third-order valence-corrected chi connectivity index (χ3v) is 2.25. The molecular weight excluding hydrogens is 137 g/mol. The van der Waals surface area contributed by atoms with Crippen LogP contribution in [0.5, 0.6) is 0 Å². The summed E-state index contributed by atoms with van der Waals surface area (Å²) in [5.41, 5.74) is 5.29. The zero-order valence-electron chi connectivity index (χ0n) is 5.77. The van der Waals surface area contributed by atoms with Crippen molar-refractivity contribution in [2.75, 3.05) is 19.0 Å². The van der Waals surface area contributed by atoms with Crippen LogP contribution in [-0.2, 0) is 0 Å². The molecule has 0 fully saturated rings. The summed E-state index contributed by atoms with van der Waals surface area (Å²) in [7, 11) is 0. The van der Waals surface area contributed by atoms with Gasteiger partial charge in [0.05, 0.1) is 6.67 Å². The Balaban J connectivity index is 2.95. The minimum absolute atomic E-state index is 0.223. The van der Waals surface area contributed by atoms with Crippen molar-refractivity contribution in [2.24, 2.45) is 5.73 Å². The standard InChI is InChI=1S/C6H14FNS/c1-6(2-4-8)9-5-3-7/h6H,2-5,8H2,1H3. The number of nitrogens with two attached hydrogens (primary N) is 1. The molecule has 0 spiro atoms. The molecule has 0 aliphatic rings. The molecule has 3 heteroatoms. The highest BCUT2D eigenvalue weighted by atomic mass is 32.2. The maximum atomic E-state index is 11.5. The second-order valence-electron chi connectivity index (χ2n) is 1.95. The van der Waals surface area contributed by atoms with E-state index in [1.54, 1.807) is 11.8 Å². The van der Waals surface area contributed by atoms with Gasteiger partial charge in [-0.1, -0.05) is 6.92 Å². The molecule has 1 nitrogen and oxygen atoms in total. The van der Waals surface area contributed by atoms with Crippen LogP contribution in [0.3, 0.4) is 0 Å². The quantitative estimate of drug-likeness (QED) is 0.643. The van der Waals surface area contributed by atoms with Crippen molar-refractivity contribution in [1.29, 1.82) is 0 Å². The first-order valence-electron chi connectivity index (χ1n) is 3.19. The molecular formula is C6H14FNS. The second-order valence-corrected chi connectivity index (χ2v) is 3.49. The second kappa shape index (κ2) is 6.36. The van der Waals surface area contributed by atoms with Crippen LogP contribution in [0.4, 0.5) is 4.39 Å². The van der Waals surface area contributed by atoms with E-state index in [2.05, 4.69) is 6.92 Å². The molecule has 0 aromatic heterocycles. The molecule has 9 heavy (non-hydrogen) atoms. The average Bonchev–Trinajstić information content (AvgIpc) is 1.85. The van der Waals surface area contributed by atoms with E-state index in [1.807, 2.05) is 0 Å². The highest BCUT2D eigenvalue weighted by Gasteiger charge is 1.98. The van der Waals surface area contributed by atoms with Crippen LogP contribution in [-0.4, -0.2) is 24.2 Å². The van der Waals surface area contributed by atoms with E-state index in [-0.39, 0.29) is 6.67 Å². The summed E-state index contributed by atoms with van der Waals surface area (Å²) in [6.07, 6.45) is 0.991. The van der Waals surface area contributed by atoms with Crippen LogP contribution < -0.4 is 5.73 Å². The topological polar surface area (TPSA) is 26.0 Å². The minimum Gasteiger partial charge on any atom is -0.330 e. The Morgan fingerprint density at radius 3 is 2.78 bits per heavy atom. The Morgan fingerprint density at radius 1 is 1.67 bits per heavy atom. The molecule has 0 radical (unpaired) electrons. The van der Waals surface area contributed by atoms with Crippen molar-refractivity contribution < 1.29 is 4.39 Å². The predicted octanol–water partition coefficient (Wildman–Crippen LogP) is 1.43. The van der Waals surface area contributed by atoms with Gasteiger partial charge in [-0.25, -0.2) is 0 Å². The molecule has 0 amide bonds. The van der Waals surface area contributed by atoms with E-state index in [4.69, 9.17) is 5.73 Å². The molecule has 0 saturated carbocycles. The SMILES string of the molecule is CC(CCN)SCCF. The monoisotopic (exact) mass is 151 g/mol. The Bertz CT molecular complexity index is 61.0. The summed E-state index contributed by atoms with van der Waals surface area (Å²) in [5, 5.41) is 0.519. The van der Waals surface area contributed by atoms with Gasteiger partial charge in [-0.15, -0.1) is 0 Å². The first-order valence-corrected chi connectivity index (χ1v) is 4.23. The molecule has 1 atom stereocenters. The lowest BCUT2D eigenvalue weighted by atomic mass is 10.3. The van der Waals surface area contributed by atoms with Crippen molar-refractivity contribution in [2.45, 2.75) is 18.6 Å². The molecule has 0 aromatic carbocycles. The van der Waals surface area contributed by atoms with Crippen molar-refractivity contribution in [1.82, 2.24) is 0 Å². The first kappa shape index (κ1) is 9.24. The predicted molar refractivity (Wildman–Crippen MR) is 41.6 cm³/mol. The van der Waals surface area contributed by atoms with Crippen LogP contribution in [0.2, 0.25) is 0 Å². The van der Waals surface area contributed by atoms with E-state index in [9.17, 15) is 4.39 Å². The minimum atomic E-state index is -0.223. The van der Waals surface area contributed by atoms with Crippen molar-refractivity contribution in [3.05, 3.63) is 0 Å². The van der Waals surface area contributed by atoms with E-state index in [1.165, 1.54) is 0 Å². The third kappa shape index (κ3) is 6.12. The molecule has 0 bridgehead atoms. The smallest absolute Gasteiger partial charge is 0.0984 e. The lowest BCUT2D eigenvalue weighted by molar-refractivity contribution is 0.532. The molecule has 0 aliphatic heterocycles. The molecule has 1 unspecified atom stereocenters. The number of hydrogen-bond acceptors (Lipinski definition) is 2. The summed E-state index contributed by atoms with van der Waals surface area (Å²) >= 11 is 1.65. The van der Waals surface area contributed by atoms with Crippen molar-refractivity contribution in [3.8, 4) is 0 Å². The Hall–Kier alpha value is 0.240. The normalized spacial score (nSPS) is 13.7. The first-order chi connectivity index (χ1) is 4.31. The van der Waals surface area contributed by atoms with Gasteiger partial charge in [0.25, 0.3) is 0 Å². The van der Waals surface area contributed by atoms with Crippen LogP contribution in [0.15, 0.2) is 0 Å². The van der Waals surface area contributed by atoms with Gasteiger partial charge in [-0.2, -0.15) is 11.8 Å². The number of rotatable bonds is 5. The summed E-state index contributed by atoms with van der Waals surface area (Å²) in [6, 6.07) is 0. The van der Waals surface area contributed by atoms with Gasteiger partial charge in [-0.05, 0) is 13.0 Å². The lowest BCUT2D eigenvalue weighted by Gasteiger charge is -2.06. The van der Waals surface area contributed by atoms with Crippen molar-refractivity contribution >= 4 is 11.8 Å². The highest BCUT2D eigenvalue weighted by molar-refractivity contribution is 7.99. The van der Waals surface area contributed by atoms with Gasteiger partial charge in [0, 0.05) is 11.0 Å². The van der Waals surface area contributed by atoms with Gasteiger partial charge in [-0.3, -0.25) is 4.39 Å². The van der Waals surface area contributed by atoms with Gasteiger partial charge in [0.15, 0.2) is 0 Å². The number of halogens is 1. The maximum Gasteiger partial charge on any atom is 0.0984 e. The Labute approximate surface area is 60.2 Å². The van der Waals surface area contributed by atoms with Crippen LogP contribution in [0.1, 0.15) is 13.3 Å². The number of thioether (sulfide) groups is 1. The van der Waals surface area contributed by atoms with Gasteiger partial charge >= 0.3 is 0 Å². The average molecular weight is 151 g/mol. The zero-order chi connectivity index (χ0) is 7.11. The lowest BCUT2D eigenvalue weighted by Crippen LogP contribution is -2.07. The Morgan fingerprint density at radius 2 is 2.33 bits per heavy atom. The highest BCUT2D eigenvalue weighted by Crippen LogP contribution is 2.12. The summed E-state index contributed by atoms with van der Waals surface area (Å²) in [6.45, 7) is 2.56. The summed E-state index contributed by atoms with van der Waals surface area (Å²) in [5.74, 6) is 0.612. The van der Waals surface area contributed by atoms with Gasteiger partial charge in [0.2, 0.25) is 0 Å². The fourth-order valence-corrected chi connectivity index (χ4v) is 1.36. The van der Waals surface area contributed by atoms with Crippen LogP contribution in [0.25, 0.3) is 0 Å². The maximum absolute atomic E-state index is 11.5. The zero-order valence-corrected chi connectivity index (χ0v) is 6.59. The molecule has 0 aromatic rings. The third-order valence-electron chi connectivity index (χ3n) is 1.05. The fourth-order valence-electron chi connectivity index (χ4n) is 0.564. The largest absolute Gasteiger partial charge is 0.330 e. The molecule has 0 aliphatic carbocycles. The van der Waals surface area contributed by atoms with Gasteiger partial charge in [0.1, 0.15) is 0 Å². The van der Waals surface area contributed by atoms with E-state index < -0.39 is 0 Å². The van der Waals surface area contributed by atoms with Crippen molar-refractivity contribution in [3.63, 3.8) is 0 Å². The van der Waals surface area contributed by atoms with Crippen LogP contribution in [0, 0.1) is 0 Å². The molecule has 0 saturated heterocycles. The van der Waals surface area contributed by atoms with E-state index >= 15 is 0 Å². The molecule has 56 valence electrons. The van der Waals surface area contributed by atoms with Crippen LogP contribution >= 0.6 is 11.8 Å². The number of alkyl halides is 1. The summed E-state index contributed by atoms with van der Waals surface area (Å²) < 4.78 is 11.5. The van der Waals surface area contributed by atoms with E-state index in [0.29, 0.717) is 17.5 Å². The fraction of sp³-hybridized carbons (Fsp3) is 1.00. The Kier molecular flexibility index (Phi) is 6.53. The molecule has 2 N–H and O–H groups in total. The van der Waals surface area contributed by atoms with E-state index in [0.717, 1.165) is 6.42 Å². The number of hydrogen-bond donors (Lipinski definition) is 1.